The minimum absolute atomic E-state index is 0.0926. The van der Waals surface area contributed by atoms with Gasteiger partial charge in [0.1, 0.15) is 24.5 Å². The zero-order valence-electron chi connectivity index (χ0n) is 14.2. The van der Waals surface area contributed by atoms with Gasteiger partial charge in [0.25, 0.3) is 0 Å². The van der Waals surface area contributed by atoms with E-state index in [1.807, 2.05) is 0 Å². The van der Waals surface area contributed by atoms with Crippen molar-refractivity contribution in [3.8, 4) is 29.6 Å². The number of methoxy groups -OCH3 is 1. The Morgan fingerprint density at radius 2 is 1.96 bits per heavy atom. The Bertz CT molecular complexity index is 627. The second-order valence-corrected chi connectivity index (χ2v) is 5.63. The van der Waals surface area contributed by atoms with Gasteiger partial charge >= 0.3 is 12.1 Å². The topological polar surface area (TPSA) is 83.1 Å². The third-order valence-corrected chi connectivity index (χ3v) is 2.45. The van der Waals surface area contributed by atoms with Crippen LogP contribution in [0.3, 0.4) is 0 Å². The number of terminal acetylenes is 1. The maximum absolute atomic E-state index is 11.7. The van der Waals surface area contributed by atoms with Crippen LogP contribution in [0.25, 0.3) is 0 Å². The van der Waals surface area contributed by atoms with Gasteiger partial charge in [-0.05, 0) is 32.9 Å². The number of hydrogen-bond donors (Lipinski definition) is 1. The van der Waals surface area contributed by atoms with Gasteiger partial charge in [-0.25, -0.2) is 9.59 Å². The summed E-state index contributed by atoms with van der Waals surface area (Å²) in [5.74, 6) is 2.74. The first-order chi connectivity index (χ1) is 11.2. The molecule has 0 heterocycles. The number of carbonyl (C=O) groups is 2. The number of ether oxygens (including phenoxy) is 4. The summed E-state index contributed by atoms with van der Waals surface area (Å²) < 4.78 is 20.6. The molecule has 1 N–H and O–H groups in total. The molecule has 0 fully saturated rings. The molecule has 7 heteroatoms. The summed E-state index contributed by atoms with van der Waals surface area (Å²) in [5.41, 5.74) is -0.643. The Hall–Kier alpha value is -2.88. The van der Waals surface area contributed by atoms with Crippen LogP contribution in [0, 0.1) is 12.3 Å². The molecular formula is C17H21NO6. The van der Waals surface area contributed by atoms with Gasteiger partial charge in [-0.2, -0.15) is 0 Å². The lowest BCUT2D eigenvalue weighted by Gasteiger charge is -2.19. The summed E-state index contributed by atoms with van der Waals surface area (Å²) >= 11 is 0. The van der Waals surface area contributed by atoms with E-state index in [0.29, 0.717) is 11.5 Å². The average molecular weight is 335 g/mol. The van der Waals surface area contributed by atoms with Crippen LogP contribution in [0.4, 0.5) is 4.79 Å². The van der Waals surface area contributed by atoms with E-state index >= 15 is 0 Å². The third-order valence-electron chi connectivity index (χ3n) is 2.45. The van der Waals surface area contributed by atoms with E-state index in [1.54, 1.807) is 26.8 Å². The number of carbonyl (C=O) groups excluding carboxylic acids is 2. The second kappa shape index (κ2) is 8.67. The lowest BCUT2D eigenvalue weighted by molar-refractivity contribution is -0.133. The molecule has 0 saturated heterocycles. The van der Waals surface area contributed by atoms with E-state index in [4.69, 9.17) is 25.4 Å². The highest BCUT2D eigenvalue weighted by Gasteiger charge is 2.17. The van der Waals surface area contributed by atoms with Crippen LogP contribution in [0.1, 0.15) is 20.8 Å². The molecule has 0 spiro atoms. The van der Waals surface area contributed by atoms with Gasteiger partial charge in [-0.15, -0.1) is 6.42 Å². The van der Waals surface area contributed by atoms with Crippen molar-refractivity contribution in [2.45, 2.75) is 26.4 Å². The number of hydrogen-bond acceptors (Lipinski definition) is 6. The fourth-order valence-corrected chi connectivity index (χ4v) is 1.58. The third kappa shape index (κ3) is 6.92. The fraction of sp³-hybridized carbons (Fsp3) is 0.412. The predicted octanol–water partition coefficient (Wildman–Crippen LogP) is 2.14. The smallest absolute Gasteiger partial charge is 0.408 e. The second-order valence-electron chi connectivity index (χ2n) is 5.63. The quantitative estimate of drug-likeness (QED) is 0.487. The van der Waals surface area contributed by atoms with Crippen LogP contribution in [0.2, 0.25) is 0 Å². The van der Waals surface area contributed by atoms with Crippen LogP contribution in [0.15, 0.2) is 18.2 Å². The summed E-state index contributed by atoms with van der Waals surface area (Å²) in [6, 6.07) is 4.58. The van der Waals surface area contributed by atoms with Crippen LogP contribution in [-0.2, 0) is 9.53 Å². The first-order valence-electron chi connectivity index (χ1n) is 7.17. The van der Waals surface area contributed by atoms with Gasteiger partial charge in [0.15, 0.2) is 11.5 Å². The molecule has 1 rings (SSSR count). The highest BCUT2D eigenvalue weighted by Crippen LogP contribution is 2.31. The Balaban J connectivity index is 2.58. The molecule has 0 aliphatic carbocycles. The molecule has 1 aromatic rings. The Labute approximate surface area is 141 Å². The number of esters is 1. The maximum atomic E-state index is 11.7. The van der Waals surface area contributed by atoms with Crippen LogP contribution in [-0.4, -0.2) is 37.9 Å². The first-order valence-corrected chi connectivity index (χ1v) is 7.17. The van der Waals surface area contributed by atoms with Crippen molar-refractivity contribution in [2.75, 3.05) is 20.3 Å². The number of amides is 1. The molecule has 7 nitrogen and oxygen atoms in total. The number of nitrogens with one attached hydrogen (secondary N) is 1. The summed E-state index contributed by atoms with van der Waals surface area (Å²) in [5, 5.41) is 2.31. The molecule has 0 atom stereocenters. The maximum Gasteiger partial charge on any atom is 0.408 e. The summed E-state index contributed by atoms with van der Waals surface area (Å²) in [6.45, 7) is 4.94. The lowest BCUT2D eigenvalue weighted by Crippen LogP contribution is -2.36. The monoisotopic (exact) mass is 335 g/mol. The summed E-state index contributed by atoms with van der Waals surface area (Å²) in [6.07, 6.45) is 4.43. The predicted molar refractivity (Wildman–Crippen MR) is 87.2 cm³/mol. The molecule has 0 aliphatic rings. The molecule has 0 unspecified atom stereocenters. The van der Waals surface area contributed by atoms with Gasteiger partial charge in [0.2, 0.25) is 0 Å². The Kier molecular flexibility index (Phi) is 6.93. The molecule has 1 aromatic carbocycles. The van der Waals surface area contributed by atoms with Crippen LogP contribution < -0.4 is 19.5 Å². The molecule has 0 saturated carbocycles. The van der Waals surface area contributed by atoms with Crippen molar-refractivity contribution < 1.29 is 28.5 Å². The largest absolute Gasteiger partial charge is 0.493 e. The minimum Gasteiger partial charge on any atom is -0.493 e. The van der Waals surface area contributed by atoms with Crippen molar-refractivity contribution in [3.63, 3.8) is 0 Å². The van der Waals surface area contributed by atoms with E-state index in [-0.39, 0.29) is 18.9 Å². The Morgan fingerprint density at radius 1 is 1.25 bits per heavy atom. The number of alkyl carbamates (subject to hydrolysis) is 1. The number of benzene rings is 1. The standard InChI is InChI=1S/C17H21NO6/c1-6-9-22-13-8-7-12(10-14(13)21-5)23-15(19)11-18-16(20)24-17(2,3)4/h1,7-8,10H,9,11H2,2-5H3,(H,18,20). The van der Waals surface area contributed by atoms with Crippen molar-refractivity contribution in [1.82, 2.24) is 5.32 Å². The normalized spacial score (nSPS) is 10.3. The van der Waals surface area contributed by atoms with Gasteiger partial charge in [-0.1, -0.05) is 5.92 Å². The highest BCUT2D eigenvalue weighted by molar-refractivity contribution is 5.79. The molecular weight excluding hydrogens is 314 g/mol. The van der Waals surface area contributed by atoms with E-state index in [2.05, 4.69) is 11.2 Å². The van der Waals surface area contributed by atoms with Crippen molar-refractivity contribution in [1.29, 1.82) is 0 Å². The number of rotatable bonds is 6. The molecule has 0 bridgehead atoms. The molecule has 0 aromatic heterocycles. The van der Waals surface area contributed by atoms with E-state index < -0.39 is 17.7 Å². The van der Waals surface area contributed by atoms with Gasteiger partial charge in [-0.3, -0.25) is 0 Å². The molecule has 1 amide bonds. The van der Waals surface area contributed by atoms with E-state index in [0.717, 1.165) is 0 Å². The lowest BCUT2D eigenvalue weighted by atomic mass is 10.2. The summed E-state index contributed by atoms with van der Waals surface area (Å²) in [4.78, 5) is 23.2. The van der Waals surface area contributed by atoms with Gasteiger partial charge in [0.05, 0.1) is 7.11 Å². The van der Waals surface area contributed by atoms with E-state index in [1.165, 1.54) is 19.2 Å². The molecule has 24 heavy (non-hydrogen) atoms. The molecule has 0 radical (unpaired) electrons. The van der Waals surface area contributed by atoms with Crippen molar-refractivity contribution in [3.05, 3.63) is 18.2 Å². The zero-order valence-corrected chi connectivity index (χ0v) is 14.2. The van der Waals surface area contributed by atoms with Gasteiger partial charge in [0, 0.05) is 6.07 Å². The van der Waals surface area contributed by atoms with E-state index in [9.17, 15) is 9.59 Å². The van der Waals surface area contributed by atoms with Gasteiger partial charge < -0.3 is 24.3 Å². The minimum atomic E-state index is -0.699. The highest BCUT2D eigenvalue weighted by atomic mass is 16.6. The molecule has 130 valence electrons. The average Bonchev–Trinajstić information content (AvgIpc) is 2.50. The fourth-order valence-electron chi connectivity index (χ4n) is 1.58. The van der Waals surface area contributed by atoms with Crippen molar-refractivity contribution >= 4 is 12.1 Å². The van der Waals surface area contributed by atoms with Crippen LogP contribution in [0.5, 0.6) is 17.2 Å². The molecule has 0 aliphatic heterocycles. The van der Waals surface area contributed by atoms with Crippen LogP contribution >= 0.6 is 0 Å². The summed E-state index contributed by atoms with van der Waals surface area (Å²) in [7, 11) is 1.45. The Morgan fingerprint density at radius 3 is 2.54 bits per heavy atom. The zero-order chi connectivity index (χ0) is 18.2. The SMILES string of the molecule is C#CCOc1ccc(OC(=O)CNC(=O)OC(C)(C)C)cc1OC. The van der Waals surface area contributed by atoms with Crippen molar-refractivity contribution in [2.24, 2.45) is 0 Å². The first kappa shape index (κ1) is 19.2.